The fourth-order valence-corrected chi connectivity index (χ4v) is 13.3. The molecule has 3 saturated heterocycles. The molecule has 23 heteroatoms. The number of piperidine rings is 1. The van der Waals surface area contributed by atoms with Crippen LogP contribution in [0.2, 0.25) is 0 Å². The quantitative estimate of drug-likeness (QED) is 0.0963. The van der Waals surface area contributed by atoms with Gasteiger partial charge in [0.15, 0.2) is 5.78 Å². The Balaban J connectivity index is 1.15. The highest BCUT2D eigenvalue weighted by molar-refractivity contribution is 6.39. The molecule has 1 saturated carbocycles. The number of piperazine rings is 1. The first-order chi connectivity index (χ1) is 42.8. The summed E-state index contributed by atoms with van der Waals surface area (Å²) in [6.07, 6.45) is 12.4. The van der Waals surface area contributed by atoms with Gasteiger partial charge in [-0.05, 0) is 121 Å². The molecule has 5 heterocycles. The summed E-state index contributed by atoms with van der Waals surface area (Å²) in [5, 5.41) is 37.6. The van der Waals surface area contributed by atoms with Gasteiger partial charge in [0.1, 0.15) is 36.2 Å². The maximum Gasteiger partial charge on any atom is 0.407 e. The van der Waals surface area contributed by atoms with E-state index in [0.29, 0.717) is 107 Å². The van der Waals surface area contributed by atoms with E-state index in [-0.39, 0.29) is 68.5 Å². The summed E-state index contributed by atoms with van der Waals surface area (Å²) in [6.45, 7) is 16.9. The molecule has 0 radical (unpaired) electrons. The number of carbonyl (C=O) groups is 7. The van der Waals surface area contributed by atoms with Crippen LogP contribution in [-0.2, 0) is 63.7 Å². The van der Waals surface area contributed by atoms with E-state index in [1.54, 1.807) is 70.3 Å². The van der Waals surface area contributed by atoms with Gasteiger partial charge in [-0.25, -0.2) is 19.6 Å². The number of fused-ring (bicyclic) bond motifs is 3. The summed E-state index contributed by atoms with van der Waals surface area (Å²) >= 11 is 0. The minimum Gasteiger partial charge on any atom is -0.460 e. The van der Waals surface area contributed by atoms with Gasteiger partial charge in [-0.1, -0.05) is 71.1 Å². The van der Waals surface area contributed by atoms with Crippen LogP contribution in [-0.4, -0.2) is 216 Å². The van der Waals surface area contributed by atoms with E-state index in [2.05, 4.69) is 15.3 Å². The molecular formula is C67H103N7O16. The number of aromatic nitrogens is 2. The zero-order valence-electron chi connectivity index (χ0n) is 55.3. The zero-order valence-corrected chi connectivity index (χ0v) is 55.3. The van der Waals surface area contributed by atoms with Gasteiger partial charge < -0.3 is 63.8 Å². The molecule has 0 aromatic carbocycles. The number of hydrogen-bond donors (Lipinski definition) is 4. The Labute approximate surface area is 532 Å². The van der Waals surface area contributed by atoms with Crippen LogP contribution >= 0.6 is 0 Å². The maximum atomic E-state index is 14.8. The second-order valence-electron chi connectivity index (χ2n) is 26.2. The normalized spacial score (nSPS) is 34.2. The number of hydrogen-bond acceptors (Lipinski definition) is 20. The molecule has 502 valence electrons. The van der Waals surface area contributed by atoms with Crippen LogP contribution < -0.4 is 10.2 Å². The third kappa shape index (κ3) is 20.4. The molecule has 90 heavy (non-hydrogen) atoms. The third-order valence-electron chi connectivity index (χ3n) is 18.9. The summed E-state index contributed by atoms with van der Waals surface area (Å²) in [4.78, 5) is 111. The average molecular weight is 1260 g/mol. The fourth-order valence-electron chi connectivity index (χ4n) is 13.3. The minimum absolute atomic E-state index is 0.00422. The molecule has 6 rings (SSSR count). The van der Waals surface area contributed by atoms with E-state index in [9.17, 15) is 48.9 Å². The van der Waals surface area contributed by atoms with Crippen LogP contribution in [0.5, 0.6) is 0 Å². The number of amides is 3. The van der Waals surface area contributed by atoms with Gasteiger partial charge in [-0.15, -0.1) is 0 Å². The van der Waals surface area contributed by atoms with Crippen LogP contribution in [0.25, 0.3) is 0 Å². The highest BCUT2D eigenvalue weighted by Crippen LogP contribution is 2.39. The number of likely N-dealkylation sites (N-methyl/N-ethyl adjacent to an activating group) is 1. The van der Waals surface area contributed by atoms with Crippen LogP contribution in [0.4, 0.5) is 10.7 Å². The molecule has 16 atom stereocenters. The highest BCUT2D eigenvalue weighted by atomic mass is 16.6. The van der Waals surface area contributed by atoms with Crippen molar-refractivity contribution in [1.29, 1.82) is 0 Å². The van der Waals surface area contributed by atoms with E-state index < -0.39 is 108 Å². The number of aliphatic hydroxyl groups excluding tert-OH is 2. The molecule has 4 N–H and O–H groups in total. The van der Waals surface area contributed by atoms with E-state index in [4.69, 9.17) is 28.4 Å². The second kappa shape index (κ2) is 34.8. The number of esters is 1. The van der Waals surface area contributed by atoms with Crippen LogP contribution in [0.15, 0.2) is 60.0 Å². The van der Waals surface area contributed by atoms with E-state index in [0.717, 1.165) is 5.57 Å². The number of allylic oxidation sites excluding steroid dienone is 5. The van der Waals surface area contributed by atoms with Crippen molar-refractivity contribution in [3.05, 3.63) is 65.6 Å². The van der Waals surface area contributed by atoms with Crippen molar-refractivity contribution in [2.75, 3.05) is 79.1 Å². The Morgan fingerprint density at radius 2 is 1.50 bits per heavy atom. The number of methoxy groups -OCH3 is 3. The maximum absolute atomic E-state index is 14.8. The van der Waals surface area contributed by atoms with Gasteiger partial charge in [0.05, 0.1) is 37.5 Å². The standard InChI is InChI=1S/C67H103N7O16/c1-41-18-14-13-15-19-42(2)54(85-10)34-51-23-21-47(7)67(84,90-51)62(80)63(81)74-25-17-16-20-52(74)64(82)88-56(35-55(86-11)43(3)31-46(6)60(78)61(79)59(77)45(5)30-41)44(4)32-49-22-24-53(57(33-49)87-12)89-66(83)70-38-50-36-68-65(69-37-50)73-28-26-72(27-29-73)58(76)40-71(9)39-48(8)75/h13-15,18-19,31,36-37,41,43-45,47,49,51-57,60-61,78-79,84H,16-17,20-30,32-35,38-40H2,1-12H3,(H,70,83)/b15-13+,18-14+,42-19+,46-31+/t41-,43-,44-,45-,47-,49+,51+,52+,53-,54+,55-,56+,57-,60-,61+,67-/m1/s1. The molecule has 3 amide bonds. The number of alkyl carbamates (subject to hydrolysis) is 1. The first kappa shape index (κ1) is 73.3. The number of cyclic esters (lactones) is 1. The van der Waals surface area contributed by atoms with Crippen molar-refractivity contribution >= 4 is 47.2 Å². The second-order valence-corrected chi connectivity index (χ2v) is 26.2. The van der Waals surface area contributed by atoms with Crippen molar-refractivity contribution in [1.82, 2.24) is 30.0 Å². The summed E-state index contributed by atoms with van der Waals surface area (Å²) in [5.41, 5.74) is 1.87. The summed E-state index contributed by atoms with van der Waals surface area (Å²) in [7, 11) is 6.42. The molecule has 4 fully saturated rings. The van der Waals surface area contributed by atoms with Crippen molar-refractivity contribution in [3.63, 3.8) is 0 Å². The molecule has 1 aromatic heterocycles. The Morgan fingerprint density at radius 3 is 2.17 bits per heavy atom. The van der Waals surface area contributed by atoms with E-state index in [1.165, 1.54) is 18.9 Å². The SMILES string of the molecule is CO[C@H]1C[C@@H]2CC[C@@H](C)[C@@](O)(O2)C(=O)C(=O)N2CCCC[C@H]2C(=O)O[C@H]([C@H](C)C[C@@H]2CC[C@@H](OC(=O)NCc3cnc(N4CCN(C(=O)CN(C)CC(C)=O)CC4)nc3)[C@H](OC)C2)C[C@@H](OC)[C@H](C)/C=C(\C)[C@@H](O)[C@@H](O)C(=O)[C@H](C)C[C@H](C)/C=C/C=C/C=C/1C. The van der Waals surface area contributed by atoms with Crippen molar-refractivity contribution in [2.45, 2.75) is 200 Å². The van der Waals surface area contributed by atoms with Gasteiger partial charge in [0.2, 0.25) is 17.6 Å². The summed E-state index contributed by atoms with van der Waals surface area (Å²) in [5.74, 6) is -7.44. The number of nitrogens with one attached hydrogen (secondary N) is 1. The Bertz CT molecular complexity index is 2700. The Morgan fingerprint density at radius 1 is 0.800 bits per heavy atom. The smallest absolute Gasteiger partial charge is 0.407 e. The number of ketones is 3. The molecule has 4 aliphatic heterocycles. The van der Waals surface area contributed by atoms with E-state index in [1.807, 2.05) is 63.0 Å². The molecule has 23 nitrogen and oxygen atoms in total. The zero-order chi connectivity index (χ0) is 66.0. The van der Waals surface area contributed by atoms with Crippen LogP contribution in [0.1, 0.15) is 138 Å². The van der Waals surface area contributed by atoms with Gasteiger partial charge in [-0.3, -0.25) is 28.9 Å². The topological polar surface area (TPSA) is 286 Å². The molecule has 1 aliphatic carbocycles. The van der Waals surface area contributed by atoms with Gasteiger partial charge >= 0.3 is 12.1 Å². The number of nitrogens with zero attached hydrogens (tertiary/aromatic N) is 6. The minimum atomic E-state index is -2.46. The Kier molecular flexibility index (Phi) is 28.3. The third-order valence-corrected chi connectivity index (χ3v) is 18.9. The lowest BCUT2D eigenvalue weighted by Gasteiger charge is -2.43. The lowest BCUT2D eigenvalue weighted by Crippen LogP contribution is -2.61. The number of anilines is 1. The predicted octanol–water partition coefficient (Wildman–Crippen LogP) is 5.87. The van der Waals surface area contributed by atoms with Crippen molar-refractivity contribution in [3.8, 4) is 0 Å². The Hall–Kier alpha value is -5.79. The van der Waals surface area contributed by atoms with Gasteiger partial charge in [0.25, 0.3) is 11.7 Å². The van der Waals surface area contributed by atoms with Crippen LogP contribution in [0.3, 0.4) is 0 Å². The number of Topliss-reactive ketones (excluding diaryl/α,β-unsaturated/α-hetero) is 3. The van der Waals surface area contributed by atoms with E-state index >= 15 is 0 Å². The van der Waals surface area contributed by atoms with Crippen LogP contribution in [0, 0.1) is 35.5 Å². The summed E-state index contributed by atoms with van der Waals surface area (Å²) in [6, 6.07) is -1.15. The molecule has 5 aliphatic rings. The largest absolute Gasteiger partial charge is 0.460 e. The molecular weight excluding hydrogens is 1160 g/mol. The average Bonchev–Trinajstić information content (AvgIpc) is 0.837. The van der Waals surface area contributed by atoms with Crippen molar-refractivity contribution in [2.24, 2.45) is 35.5 Å². The number of aliphatic hydroxyl groups is 3. The number of ether oxygens (including phenoxy) is 6. The number of carbonyl (C=O) groups excluding carboxylic acids is 7. The first-order valence-corrected chi connectivity index (χ1v) is 32.4. The number of rotatable bonds is 14. The highest BCUT2D eigenvalue weighted by Gasteiger charge is 2.53. The molecule has 0 spiro atoms. The lowest BCUT2D eigenvalue weighted by molar-refractivity contribution is -0.265. The monoisotopic (exact) mass is 1260 g/mol. The first-order valence-electron chi connectivity index (χ1n) is 32.4. The molecule has 1 aromatic rings. The molecule has 0 unspecified atom stereocenters. The van der Waals surface area contributed by atoms with Gasteiger partial charge in [-0.2, -0.15) is 0 Å². The predicted molar refractivity (Wildman–Crippen MR) is 336 cm³/mol. The molecule has 2 bridgehead atoms. The fraction of sp³-hybridized carbons (Fsp3) is 0.716. The van der Waals surface area contributed by atoms with Crippen molar-refractivity contribution < 1.29 is 77.3 Å². The lowest BCUT2D eigenvalue weighted by atomic mass is 9.78. The summed E-state index contributed by atoms with van der Waals surface area (Å²) < 4.78 is 36.7. The van der Waals surface area contributed by atoms with Gasteiger partial charge in [0, 0.05) is 109 Å².